The summed E-state index contributed by atoms with van der Waals surface area (Å²) in [6.45, 7) is 13.4. The van der Waals surface area contributed by atoms with Crippen LogP contribution in [-0.2, 0) is 14.4 Å². The second kappa shape index (κ2) is 6.46. The van der Waals surface area contributed by atoms with E-state index in [4.69, 9.17) is 0 Å². The van der Waals surface area contributed by atoms with Gasteiger partial charge >= 0.3 is 0 Å². The van der Waals surface area contributed by atoms with E-state index in [9.17, 15) is 14.4 Å². The third-order valence-corrected chi connectivity index (χ3v) is 11.5. The van der Waals surface area contributed by atoms with Crippen LogP contribution in [0.4, 0.5) is 0 Å². The molecule has 0 aliphatic heterocycles. The molecule has 0 unspecified atom stereocenters. The number of rotatable bonds is 5. The molecule has 0 radical (unpaired) electrons. The van der Waals surface area contributed by atoms with Crippen LogP contribution in [0.2, 0.25) is 0 Å². The molecule has 33 heavy (non-hydrogen) atoms. The maximum atomic E-state index is 13.7. The van der Waals surface area contributed by atoms with Crippen molar-refractivity contribution in [1.82, 2.24) is 0 Å². The number of carbonyl (C=O) groups is 3. The Morgan fingerprint density at radius 3 is 1.64 bits per heavy atom. The summed E-state index contributed by atoms with van der Waals surface area (Å²) in [4.78, 5) is 39.0. The van der Waals surface area contributed by atoms with E-state index in [1.165, 1.54) is 16.7 Å². The average molecular weight is 447 g/mol. The number of Topliss-reactive ketones (excluding diaryl/α,β-unsaturated/α-hetero) is 1. The van der Waals surface area contributed by atoms with Crippen molar-refractivity contribution in [1.29, 1.82) is 0 Å². The smallest absolute Gasteiger partial charge is 0.162 e. The number of hydrogen-bond acceptors (Lipinski definition) is 3. The lowest BCUT2D eigenvalue weighted by Crippen LogP contribution is -2.55. The normalized spacial score (nSPS) is 41.0. The summed E-state index contributed by atoms with van der Waals surface area (Å²) in [6.07, 6.45) is 9.20. The quantitative estimate of drug-likeness (QED) is 0.517. The SMILES string of the molecule is CC1(C)[C@@H]2C[C@H]1C(=O)C=C2CCC1=C(CC2=CC(=O)[C@@H]3C[C@H]2C3(C)C)C(=O)[C@@H]2C[C@H]1C2(C)C. The van der Waals surface area contributed by atoms with Gasteiger partial charge in [-0.1, -0.05) is 58.3 Å². The largest absolute Gasteiger partial charge is 0.295 e. The summed E-state index contributed by atoms with van der Waals surface area (Å²) in [5.74, 6) is 2.81. The van der Waals surface area contributed by atoms with Crippen LogP contribution in [0.3, 0.4) is 0 Å². The summed E-state index contributed by atoms with van der Waals surface area (Å²) in [5.41, 5.74) is 5.01. The standard InChI is InChI=1S/C30H38O3/c1-28(2)19-12-22(28)25(31)10-15(19)7-8-17-18(27(33)24-14-21(17)30(24,5)6)9-16-11-26(32)23-13-20(16)29(23,3)4/h10-11,19-24H,7-9,12-14H2,1-6H3/t19-,20-,21-,22+,23+,24+/m1/s1. The molecule has 0 aromatic heterocycles. The van der Waals surface area contributed by atoms with Crippen molar-refractivity contribution in [3.05, 3.63) is 34.4 Å². The topological polar surface area (TPSA) is 51.2 Å². The maximum absolute atomic E-state index is 13.7. The van der Waals surface area contributed by atoms with Crippen molar-refractivity contribution in [2.75, 3.05) is 0 Å². The fourth-order valence-electron chi connectivity index (χ4n) is 8.81. The van der Waals surface area contributed by atoms with Gasteiger partial charge < -0.3 is 0 Å². The Kier molecular flexibility index (Phi) is 4.26. The molecule has 0 spiro atoms. The number of allylic oxidation sites excluding steroid dienone is 6. The lowest BCUT2D eigenvalue weighted by Gasteiger charge is -2.58. The summed E-state index contributed by atoms with van der Waals surface area (Å²) >= 11 is 0. The van der Waals surface area contributed by atoms with Gasteiger partial charge in [0.05, 0.1) is 0 Å². The third-order valence-electron chi connectivity index (χ3n) is 11.5. The maximum Gasteiger partial charge on any atom is 0.162 e. The molecular weight excluding hydrogens is 408 g/mol. The zero-order valence-corrected chi connectivity index (χ0v) is 21.1. The lowest BCUT2D eigenvalue weighted by molar-refractivity contribution is -0.137. The van der Waals surface area contributed by atoms with Crippen LogP contribution < -0.4 is 0 Å². The van der Waals surface area contributed by atoms with Gasteiger partial charge in [0, 0.05) is 17.8 Å². The van der Waals surface area contributed by atoms with Crippen LogP contribution in [0.5, 0.6) is 0 Å². The predicted octanol–water partition coefficient (Wildman–Crippen LogP) is 6.04. The first-order valence-corrected chi connectivity index (χ1v) is 13.1. The van der Waals surface area contributed by atoms with Gasteiger partial charge in [0.15, 0.2) is 17.3 Å². The first-order chi connectivity index (χ1) is 15.3. The molecule has 0 heterocycles. The highest BCUT2D eigenvalue weighted by Gasteiger charge is 2.60. The number of carbonyl (C=O) groups excluding carboxylic acids is 3. The van der Waals surface area contributed by atoms with E-state index in [0.29, 0.717) is 35.7 Å². The molecule has 0 N–H and O–H groups in total. The van der Waals surface area contributed by atoms with Crippen LogP contribution in [0.15, 0.2) is 34.4 Å². The molecule has 6 bridgehead atoms. The Balaban J connectivity index is 1.31. The molecule has 3 heteroatoms. The average Bonchev–Trinajstić information content (AvgIpc) is 2.71. The van der Waals surface area contributed by atoms with Crippen LogP contribution >= 0.6 is 0 Å². The minimum absolute atomic E-state index is 0.0292. The Bertz CT molecular complexity index is 1090. The fraction of sp³-hybridized carbons (Fsp3) is 0.700. The van der Waals surface area contributed by atoms with E-state index in [1.807, 2.05) is 12.2 Å². The monoisotopic (exact) mass is 446 g/mol. The van der Waals surface area contributed by atoms with Crippen molar-refractivity contribution in [3.8, 4) is 0 Å². The minimum Gasteiger partial charge on any atom is -0.295 e. The van der Waals surface area contributed by atoms with E-state index in [1.54, 1.807) is 0 Å². The first kappa shape index (κ1) is 21.7. The molecule has 3 nitrogen and oxygen atoms in total. The highest BCUT2D eigenvalue weighted by atomic mass is 16.1. The summed E-state index contributed by atoms with van der Waals surface area (Å²) < 4.78 is 0. The molecule has 3 saturated carbocycles. The predicted molar refractivity (Wildman–Crippen MR) is 128 cm³/mol. The van der Waals surface area contributed by atoms with Gasteiger partial charge in [0.2, 0.25) is 0 Å². The molecule has 0 saturated heterocycles. The van der Waals surface area contributed by atoms with E-state index in [2.05, 4.69) is 41.5 Å². The van der Waals surface area contributed by atoms with E-state index >= 15 is 0 Å². The van der Waals surface area contributed by atoms with E-state index < -0.39 is 0 Å². The van der Waals surface area contributed by atoms with Gasteiger partial charge in [-0.15, -0.1) is 0 Å². The van der Waals surface area contributed by atoms with Gasteiger partial charge in [-0.2, -0.15) is 0 Å². The van der Waals surface area contributed by atoms with Crippen molar-refractivity contribution < 1.29 is 14.4 Å². The second-order valence-electron chi connectivity index (χ2n) is 13.8. The van der Waals surface area contributed by atoms with Crippen molar-refractivity contribution >= 4 is 17.3 Å². The Hall–Kier alpha value is -1.77. The molecule has 6 atom stereocenters. The molecule has 0 aromatic rings. The lowest BCUT2D eigenvalue weighted by atomic mass is 9.44. The molecule has 9 rings (SSSR count). The summed E-state index contributed by atoms with van der Waals surface area (Å²) in [5, 5.41) is 0. The van der Waals surface area contributed by atoms with Gasteiger partial charge in [0.1, 0.15) is 0 Å². The highest BCUT2D eigenvalue weighted by molar-refractivity contribution is 6.02. The Morgan fingerprint density at radius 2 is 1.12 bits per heavy atom. The van der Waals surface area contributed by atoms with Crippen LogP contribution in [0.1, 0.15) is 80.1 Å². The highest BCUT2D eigenvalue weighted by Crippen LogP contribution is 2.64. The van der Waals surface area contributed by atoms with Crippen LogP contribution in [-0.4, -0.2) is 17.3 Å². The molecule has 176 valence electrons. The summed E-state index contributed by atoms with van der Waals surface area (Å²) in [6, 6.07) is 0. The van der Waals surface area contributed by atoms with Crippen molar-refractivity contribution in [2.45, 2.75) is 80.1 Å². The van der Waals surface area contributed by atoms with Crippen molar-refractivity contribution in [3.63, 3.8) is 0 Å². The Labute approximate surface area is 198 Å². The first-order valence-electron chi connectivity index (χ1n) is 13.1. The van der Waals surface area contributed by atoms with Crippen LogP contribution in [0, 0.1) is 51.8 Å². The number of ketones is 3. The fourth-order valence-corrected chi connectivity index (χ4v) is 8.81. The molecular formula is C30H38O3. The molecule has 9 aliphatic carbocycles. The molecule has 9 aliphatic rings. The van der Waals surface area contributed by atoms with Gasteiger partial charge in [-0.3, -0.25) is 14.4 Å². The van der Waals surface area contributed by atoms with Crippen LogP contribution in [0.25, 0.3) is 0 Å². The van der Waals surface area contributed by atoms with E-state index in [0.717, 1.165) is 37.7 Å². The van der Waals surface area contributed by atoms with Gasteiger partial charge in [-0.25, -0.2) is 0 Å². The summed E-state index contributed by atoms with van der Waals surface area (Å²) in [7, 11) is 0. The molecule has 3 fully saturated rings. The minimum atomic E-state index is 0.0292. The number of fused-ring (bicyclic) bond motifs is 3. The number of hydrogen-bond donors (Lipinski definition) is 0. The van der Waals surface area contributed by atoms with Crippen molar-refractivity contribution in [2.24, 2.45) is 51.8 Å². The van der Waals surface area contributed by atoms with Gasteiger partial charge in [-0.05, 0) is 90.2 Å². The molecule has 0 aromatic carbocycles. The second-order valence-corrected chi connectivity index (χ2v) is 13.8. The Morgan fingerprint density at radius 1 is 0.636 bits per heavy atom. The zero-order valence-electron chi connectivity index (χ0n) is 21.1. The molecule has 0 amide bonds. The van der Waals surface area contributed by atoms with Gasteiger partial charge in [0.25, 0.3) is 0 Å². The van der Waals surface area contributed by atoms with E-state index in [-0.39, 0.29) is 39.8 Å². The third kappa shape index (κ3) is 2.66. The zero-order chi connectivity index (χ0) is 23.7.